The first kappa shape index (κ1) is 31.6. The molecule has 4 saturated heterocycles. The molecule has 0 radical (unpaired) electrons. The Balaban J connectivity index is 1.17. The van der Waals surface area contributed by atoms with Crippen molar-refractivity contribution in [2.45, 2.75) is 48.4 Å². The predicted molar refractivity (Wildman–Crippen MR) is 158 cm³/mol. The van der Waals surface area contributed by atoms with Gasteiger partial charge in [0.15, 0.2) is 0 Å². The van der Waals surface area contributed by atoms with Crippen LogP contribution in [0.5, 0.6) is 17.2 Å². The Morgan fingerprint density at radius 3 is 2.02 bits per heavy atom. The first-order valence-corrected chi connectivity index (χ1v) is 15.7. The molecule has 0 unspecified atom stereocenters. The minimum Gasteiger partial charge on any atom is -0.457 e. The van der Waals surface area contributed by atoms with Crippen LogP contribution in [0.3, 0.4) is 0 Å². The van der Waals surface area contributed by atoms with E-state index in [-0.39, 0.29) is 11.5 Å². The Morgan fingerprint density at radius 1 is 0.844 bits per heavy atom. The molecule has 0 bridgehead atoms. The molecule has 0 aromatic heterocycles. The van der Waals surface area contributed by atoms with Crippen molar-refractivity contribution in [3.63, 3.8) is 0 Å². The smallest absolute Gasteiger partial charge is 0.457 e. The lowest BCUT2D eigenvalue weighted by molar-refractivity contribution is -0.274. The van der Waals surface area contributed by atoms with Crippen LogP contribution in [0, 0.1) is 0 Å². The summed E-state index contributed by atoms with van der Waals surface area (Å²) in [6.07, 6.45) is -1.35. The fraction of sp³-hybridized carbons (Fsp3) is 0.500. The van der Waals surface area contributed by atoms with Crippen LogP contribution in [0.1, 0.15) is 31.2 Å². The molecular formula is C30H34F3N5O6S. The van der Waals surface area contributed by atoms with Crippen molar-refractivity contribution in [1.82, 2.24) is 25.2 Å². The first-order valence-electron chi connectivity index (χ1n) is 14.9. The van der Waals surface area contributed by atoms with Crippen molar-refractivity contribution < 1.29 is 41.8 Å². The van der Waals surface area contributed by atoms with E-state index in [1.807, 2.05) is 11.9 Å². The molecule has 4 heterocycles. The number of benzene rings is 2. The second kappa shape index (κ2) is 12.8. The third-order valence-electron chi connectivity index (χ3n) is 8.62. The number of urea groups is 1. The standard InChI is InChI=1S/C30H34F3N5O6S/c31-30(32,33)44-23-7-5-22(6-8-23)43-21-3-1-20(2-4-21)29(25(39)35-27(41)36-26(29)40)37-15-11-28(12-16-37)19-38(17-18-42-28)45-24-9-13-34-14-10-24/h1-8,24,34H,9-19H2,(H2,35,36,39,40,41). The average Bonchev–Trinajstić information content (AvgIpc) is 3.00. The monoisotopic (exact) mass is 649 g/mol. The van der Waals surface area contributed by atoms with Gasteiger partial charge in [-0.05, 0) is 80.7 Å². The minimum atomic E-state index is -4.80. The van der Waals surface area contributed by atoms with Crippen molar-refractivity contribution in [3.8, 4) is 17.2 Å². The molecule has 1 spiro atoms. The summed E-state index contributed by atoms with van der Waals surface area (Å²) in [5.74, 6) is -1.29. The molecule has 0 atom stereocenters. The summed E-state index contributed by atoms with van der Waals surface area (Å²) >= 11 is 1.91. The van der Waals surface area contributed by atoms with Gasteiger partial charge in [0.1, 0.15) is 17.2 Å². The number of barbiturate groups is 1. The maximum absolute atomic E-state index is 13.6. The molecule has 11 nitrogen and oxygen atoms in total. The van der Waals surface area contributed by atoms with E-state index in [1.54, 1.807) is 29.2 Å². The van der Waals surface area contributed by atoms with E-state index in [2.05, 4.69) is 25.0 Å². The molecule has 2 aromatic carbocycles. The second-order valence-corrected chi connectivity index (χ2v) is 12.9. The van der Waals surface area contributed by atoms with E-state index in [0.717, 1.165) is 51.2 Å². The van der Waals surface area contributed by atoms with E-state index < -0.39 is 35.3 Å². The van der Waals surface area contributed by atoms with Gasteiger partial charge in [-0.2, -0.15) is 0 Å². The number of nitrogens with one attached hydrogen (secondary N) is 3. The number of nitrogens with zero attached hydrogens (tertiary/aromatic N) is 2. The number of hydrogen-bond donors (Lipinski definition) is 3. The third-order valence-corrected chi connectivity index (χ3v) is 10.0. The Kier molecular flexibility index (Phi) is 8.98. The molecule has 4 fully saturated rings. The van der Waals surface area contributed by atoms with Crippen LogP contribution in [-0.4, -0.2) is 90.1 Å². The summed E-state index contributed by atoms with van der Waals surface area (Å²) in [6.45, 7) is 5.02. The number of imide groups is 2. The lowest BCUT2D eigenvalue weighted by atomic mass is 9.80. The molecule has 3 N–H and O–H groups in total. The van der Waals surface area contributed by atoms with Crippen molar-refractivity contribution in [2.75, 3.05) is 45.9 Å². The van der Waals surface area contributed by atoms with Crippen molar-refractivity contribution >= 4 is 29.8 Å². The Morgan fingerprint density at radius 2 is 1.42 bits per heavy atom. The van der Waals surface area contributed by atoms with E-state index in [0.29, 0.717) is 49.1 Å². The summed E-state index contributed by atoms with van der Waals surface area (Å²) < 4.78 is 55.8. The molecule has 0 aliphatic carbocycles. The maximum atomic E-state index is 13.6. The van der Waals surface area contributed by atoms with E-state index in [4.69, 9.17) is 9.47 Å². The Hall–Kier alpha value is -3.37. The van der Waals surface area contributed by atoms with Crippen LogP contribution in [-0.2, 0) is 19.9 Å². The zero-order valence-corrected chi connectivity index (χ0v) is 25.2. The summed E-state index contributed by atoms with van der Waals surface area (Å²) in [4.78, 5) is 41.0. The lowest BCUT2D eigenvalue weighted by Crippen LogP contribution is -2.72. The van der Waals surface area contributed by atoms with E-state index in [9.17, 15) is 27.6 Å². The topological polar surface area (TPSA) is 121 Å². The van der Waals surface area contributed by atoms with Crippen LogP contribution in [0.2, 0.25) is 0 Å². The fourth-order valence-electron chi connectivity index (χ4n) is 6.43. The predicted octanol–water partition coefficient (Wildman–Crippen LogP) is 3.51. The van der Waals surface area contributed by atoms with Crippen LogP contribution < -0.4 is 25.4 Å². The molecule has 4 amide bonds. The van der Waals surface area contributed by atoms with Crippen LogP contribution in [0.25, 0.3) is 0 Å². The van der Waals surface area contributed by atoms with Gasteiger partial charge >= 0.3 is 12.4 Å². The summed E-state index contributed by atoms with van der Waals surface area (Å²) in [5, 5.41) is 8.52. The molecule has 2 aromatic rings. The largest absolute Gasteiger partial charge is 0.573 e. The van der Waals surface area contributed by atoms with Gasteiger partial charge in [0.2, 0.25) is 5.54 Å². The van der Waals surface area contributed by atoms with Gasteiger partial charge in [-0.3, -0.25) is 25.1 Å². The molecule has 6 rings (SSSR count). The Labute approximate surface area is 262 Å². The molecule has 242 valence electrons. The average molecular weight is 650 g/mol. The molecular weight excluding hydrogens is 615 g/mol. The van der Waals surface area contributed by atoms with Gasteiger partial charge in [0.25, 0.3) is 11.8 Å². The highest BCUT2D eigenvalue weighted by Gasteiger charge is 2.58. The highest BCUT2D eigenvalue weighted by molar-refractivity contribution is 7.97. The van der Waals surface area contributed by atoms with Crippen LogP contribution in [0.4, 0.5) is 18.0 Å². The van der Waals surface area contributed by atoms with Crippen molar-refractivity contribution in [2.24, 2.45) is 0 Å². The third kappa shape index (κ3) is 6.92. The maximum Gasteiger partial charge on any atom is 0.573 e. The number of hydrogen-bond acceptors (Lipinski definition) is 10. The highest BCUT2D eigenvalue weighted by atomic mass is 32.2. The van der Waals surface area contributed by atoms with Crippen LogP contribution in [0.15, 0.2) is 48.5 Å². The van der Waals surface area contributed by atoms with E-state index in [1.165, 1.54) is 12.1 Å². The Bertz CT molecular complexity index is 1380. The first-order chi connectivity index (χ1) is 21.5. The number of halogens is 3. The zero-order chi connectivity index (χ0) is 31.7. The number of morpholine rings is 1. The van der Waals surface area contributed by atoms with Gasteiger partial charge in [-0.15, -0.1) is 13.2 Å². The quantitative estimate of drug-likeness (QED) is 0.304. The van der Waals surface area contributed by atoms with Crippen molar-refractivity contribution in [3.05, 3.63) is 54.1 Å². The van der Waals surface area contributed by atoms with Gasteiger partial charge in [-0.1, -0.05) is 24.1 Å². The molecule has 4 aliphatic heterocycles. The molecule has 15 heteroatoms. The van der Waals surface area contributed by atoms with Gasteiger partial charge in [-0.25, -0.2) is 9.10 Å². The number of rotatable bonds is 7. The highest BCUT2D eigenvalue weighted by Crippen LogP contribution is 2.40. The summed E-state index contributed by atoms with van der Waals surface area (Å²) in [5.41, 5.74) is -1.86. The number of carbonyl (C=O) groups is 3. The molecule has 4 aliphatic rings. The number of likely N-dealkylation sites (tertiary alicyclic amines) is 1. The molecule has 0 saturated carbocycles. The number of ether oxygens (including phenoxy) is 3. The number of alkyl halides is 3. The van der Waals surface area contributed by atoms with Crippen molar-refractivity contribution in [1.29, 1.82) is 0 Å². The zero-order valence-electron chi connectivity index (χ0n) is 24.4. The molecule has 45 heavy (non-hydrogen) atoms. The fourth-order valence-corrected chi connectivity index (χ4v) is 7.78. The summed E-state index contributed by atoms with van der Waals surface area (Å²) in [7, 11) is 0. The second-order valence-electron chi connectivity index (χ2n) is 11.5. The normalized spacial score (nSPS) is 23.0. The minimum absolute atomic E-state index is 0.256. The van der Waals surface area contributed by atoms with Gasteiger partial charge < -0.3 is 19.5 Å². The summed E-state index contributed by atoms with van der Waals surface area (Å²) in [6, 6.07) is 10.3. The number of amides is 4. The number of piperidine rings is 2. The number of carbonyl (C=O) groups excluding carboxylic acids is 3. The van der Waals surface area contributed by atoms with Gasteiger partial charge in [0.05, 0.1) is 12.2 Å². The SMILES string of the molecule is O=C1NC(=O)C(c2ccc(Oc3ccc(OC(F)(F)F)cc3)cc2)(N2CCC3(CC2)CN(SC2CCNCC2)CCO3)C(=O)N1. The lowest BCUT2D eigenvalue weighted by Gasteiger charge is -2.51. The van der Waals surface area contributed by atoms with Crippen LogP contribution >= 0.6 is 11.9 Å². The van der Waals surface area contributed by atoms with Gasteiger partial charge in [0, 0.05) is 31.4 Å². The van der Waals surface area contributed by atoms with E-state index >= 15 is 0 Å².